The summed E-state index contributed by atoms with van der Waals surface area (Å²) in [6.07, 6.45) is -3.00. The van der Waals surface area contributed by atoms with E-state index in [-0.39, 0.29) is 47.5 Å². The molecule has 2 aliphatic heterocycles. The van der Waals surface area contributed by atoms with E-state index in [9.17, 15) is 45.9 Å². The van der Waals surface area contributed by atoms with E-state index in [1.807, 2.05) is 6.92 Å². The van der Waals surface area contributed by atoms with E-state index in [0.29, 0.717) is 56.2 Å². The summed E-state index contributed by atoms with van der Waals surface area (Å²) in [6, 6.07) is 3.03. The van der Waals surface area contributed by atoms with Gasteiger partial charge in [0, 0.05) is 29.9 Å². The van der Waals surface area contributed by atoms with Crippen LogP contribution < -0.4 is 19.5 Å². The van der Waals surface area contributed by atoms with Gasteiger partial charge in [-0.05, 0) is 83.3 Å². The summed E-state index contributed by atoms with van der Waals surface area (Å²) in [5, 5.41) is 14.0. The first-order chi connectivity index (χ1) is 26.9. The van der Waals surface area contributed by atoms with Crippen molar-refractivity contribution in [3.63, 3.8) is 0 Å². The number of methoxy groups -OCH3 is 1. The molecule has 318 valence electrons. The first kappa shape index (κ1) is 43.3. The predicted molar refractivity (Wildman–Crippen MR) is 207 cm³/mol. The van der Waals surface area contributed by atoms with Crippen molar-refractivity contribution in [2.75, 3.05) is 13.7 Å². The zero-order valence-corrected chi connectivity index (χ0v) is 34.6. The smallest absolute Gasteiger partial charge is 0.411 e. The van der Waals surface area contributed by atoms with Crippen molar-refractivity contribution in [3.8, 4) is 11.6 Å². The molecule has 58 heavy (non-hydrogen) atoms. The second-order valence-electron chi connectivity index (χ2n) is 16.9. The van der Waals surface area contributed by atoms with Gasteiger partial charge < -0.3 is 24.8 Å². The molecule has 4 amide bonds. The molecule has 3 fully saturated rings. The zero-order valence-electron chi connectivity index (χ0n) is 33.1. The van der Waals surface area contributed by atoms with Crippen LogP contribution in [0.3, 0.4) is 0 Å². The van der Waals surface area contributed by atoms with Gasteiger partial charge in [-0.3, -0.25) is 24.0 Å². The molecule has 0 radical (unpaired) electrons. The molecule has 1 saturated heterocycles. The molecule has 2 saturated carbocycles. The fraction of sp³-hybridized carbons (Fsp3) is 0.615. The Morgan fingerprint density at radius 1 is 1.14 bits per heavy atom. The van der Waals surface area contributed by atoms with E-state index in [2.05, 4.69) is 15.0 Å². The number of nitrogens with one attached hydrogen (secondary N) is 2. The number of carboxylic acid groups (broad SMARTS) is 1. The molecule has 1 aromatic heterocycles. The molecule has 14 nitrogen and oxygen atoms in total. The van der Waals surface area contributed by atoms with Crippen molar-refractivity contribution >= 4 is 56.3 Å². The molecule has 4 aliphatic rings. The Bertz CT molecular complexity index is 2130. The molecule has 19 heteroatoms. The van der Waals surface area contributed by atoms with Crippen LogP contribution in [0.2, 0.25) is 5.02 Å². The lowest BCUT2D eigenvalue weighted by molar-refractivity contribution is -0.222. The topological polar surface area (TPSA) is 185 Å². The number of halogens is 4. The number of aromatic nitrogens is 1. The Hall–Kier alpha value is -4.32. The van der Waals surface area contributed by atoms with Crippen molar-refractivity contribution in [3.05, 3.63) is 41.4 Å². The van der Waals surface area contributed by atoms with E-state index in [1.54, 1.807) is 30.4 Å². The highest BCUT2D eigenvalue weighted by molar-refractivity contribution is 7.91. The molecular weight excluding hydrogens is 807 g/mol. The van der Waals surface area contributed by atoms with Crippen LogP contribution in [0.15, 0.2) is 36.4 Å². The Morgan fingerprint density at radius 3 is 2.45 bits per heavy atom. The second kappa shape index (κ2) is 15.4. The van der Waals surface area contributed by atoms with Gasteiger partial charge in [0.05, 0.1) is 28.9 Å². The Balaban J connectivity index is 1.42. The Morgan fingerprint density at radius 2 is 1.83 bits per heavy atom. The van der Waals surface area contributed by atoms with Crippen molar-refractivity contribution in [2.45, 2.75) is 120 Å². The third-order valence-electron chi connectivity index (χ3n) is 12.2. The van der Waals surface area contributed by atoms with E-state index in [4.69, 9.17) is 21.1 Å². The van der Waals surface area contributed by atoms with Crippen molar-refractivity contribution in [2.24, 2.45) is 17.8 Å². The lowest BCUT2D eigenvalue weighted by atomic mass is 9.85. The number of alkyl halides is 3. The standard InChI is InChI=1S/C39H49ClF3N5O9S/c1-21-9-7-8-10-23-19-38(23,34(51)46-58(54,55)37(5)13-14-37)45-32(49)29-17-25(57-30-18-27(40)26-12-11-24(56-6)16-28(26)44-30)20-47(29)33(50)31(22(2)15-21)48(35(52)53)36(3,4)39(41,42)43/h8,10-12,16,18,21-23,25,29,31H,7,9,13-15,17,19-20H2,1-6H3,(H,45,49)(H,46,51)(H,52,53)/b10-8-/t21-,22-,23-,25-,29+,31+,38-/m1/s1. The third kappa shape index (κ3) is 8.14. The molecule has 6 rings (SSSR count). The van der Waals surface area contributed by atoms with Crippen LogP contribution in [0.5, 0.6) is 11.6 Å². The first-order valence-corrected chi connectivity index (χ1v) is 21.1. The molecule has 2 aromatic rings. The zero-order chi connectivity index (χ0) is 42.7. The summed E-state index contributed by atoms with van der Waals surface area (Å²) in [7, 11) is -2.65. The minimum absolute atomic E-state index is 0.00233. The lowest BCUT2D eigenvalue weighted by Crippen LogP contribution is -2.66. The van der Waals surface area contributed by atoms with Gasteiger partial charge in [0.25, 0.3) is 5.91 Å². The second-order valence-corrected chi connectivity index (χ2v) is 19.5. The van der Waals surface area contributed by atoms with Gasteiger partial charge in [0.2, 0.25) is 27.7 Å². The van der Waals surface area contributed by atoms with E-state index in [1.165, 1.54) is 27.0 Å². The van der Waals surface area contributed by atoms with Crippen molar-refractivity contribution in [1.82, 2.24) is 24.8 Å². The van der Waals surface area contributed by atoms with Crippen LogP contribution in [-0.2, 0) is 24.4 Å². The van der Waals surface area contributed by atoms with Crippen LogP contribution in [0, 0.1) is 17.8 Å². The van der Waals surface area contributed by atoms with E-state index < -0.39 is 85.9 Å². The molecule has 2 aliphatic carbocycles. The average molecular weight is 856 g/mol. The molecule has 1 aromatic carbocycles. The summed E-state index contributed by atoms with van der Waals surface area (Å²) in [5.41, 5.74) is -4.38. The lowest BCUT2D eigenvalue weighted by Gasteiger charge is -2.45. The monoisotopic (exact) mass is 855 g/mol. The summed E-state index contributed by atoms with van der Waals surface area (Å²) in [4.78, 5) is 61.9. The number of hydrogen-bond acceptors (Lipinski definition) is 9. The van der Waals surface area contributed by atoms with Gasteiger partial charge in [-0.1, -0.05) is 37.6 Å². The van der Waals surface area contributed by atoms with Gasteiger partial charge >= 0.3 is 12.3 Å². The normalized spacial score (nSPS) is 29.5. The summed E-state index contributed by atoms with van der Waals surface area (Å²) in [6.45, 7) is 5.84. The van der Waals surface area contributed by atoms with Crippen LogP contribution in [0.1, 0.15) is 79.6 Å². The third-order valence-corrected chi connectivity index (χ3v) is 14.7. The number of carbonyl (C=O) groups excluding carboxylic acids is 3. The van der Waals surface area contributed by atoms with Crippen LogP contribution in [0.4, 0.5) is 18.0 Å². The van der Waals surface area contributed by atoms with E-state index >= 15 is 0 Å². The largest absolute Gasteiger partial charge is 0.497 e. The number of nitrogens with zero attached hydrogens (tertiary/aromatic N) is 3. The van der Waals surface area contributed by atoms with Gasteiger partial charge in [-0.25, -0.2) is 18.2 Å². The number of sulfonamides is 1. The minimum Gasteiger partial charge on any atom is -0.497 e. The number of pyridine rings is 1. The SMILES string of the molecule is COc1ccc2c(Cl)cc(O[C@@H]3C[C@H]4C(=O)N[C@]5(C(=O)NS(=O)(=O)C6(C)CC6)C[C@H]5/C=C\CC[C@@H](C)C[C@@H](C)[C@H](N(C(=O)O)C(C)(C)C(F)(F)F)C(=O)N4C3)nc2c1. The predicted octanol–water partition coefficient (Wildman–Crippen LogP) is 5.82. The highest BCUT2D eigenvalue weighted by atomic mass is 35.5. The first-order valence-electron chi connectivity index (χ1n) is 19.2. The van der Waals surface area contributed by atoms with Crippen LogP contribution in [0.25, 0.3) is 10.9 Å². The number of rotatable bonds is 8. The van der Waals surface area contributed by atoms with E-state index in [0.717, 1.165) is 4.90 Å². The molecule has 3 N–H and O–H groups in total. The van der Waals surface area contributed by atoms with Crippen molar-refractivity contribution in [1.29, 1.82) is 0 Å². The van der Waals surface area contributed by atoms with Gasteiger partial charge in [-0.2, -0.15) is 13.2 Å². The highest BCUT2D eigenvalue weighted by Crippen LogP contribution is 2.48. The molecular formula is C39H49ClF3N5O9S. The maximum Gasteiger partial charge on any atom is 0.411 e. The molecule has 7 atom stereocenters. The van der Waals surface area contributed by atoms with Crippen molar-refractivity contribution < 1.29 is 55.3 Å². The van der Waals surface area contributed by atoms with Gasteiger partial charge in [0.15, 0.2) is 0 Å². The molecule has 0 bridgehead atoms. The van der Waals surface area contributed by atoms with Gasteiger partial charge in [-0.15, -0.1) is 0 Å². The summed E-state index contributed by atoms with van der Waals surface area (Å²) >= 11 is 6.57. The highest BCUT2D eigenvalue weighted by Gasteiger charge is 2.64. The maximum atomic E-state index is 15.0. The van der Waals surface area contributed by atoms with Crippen LogP contribution in [-0.4, -0.2) is 106 Å². The fourth-order valence-corrected chi connectivity index (χ4v) is 9.65. The summed E-state index contributed by atoms with van der Waals surface area (Å²) < 4.78 is 82.9. The average Bonchev–Trinajstić information content (AvgIpc) is 4.01. The van der Waals surface area contributed by atoms with Crippen LogP contribution >= 0.6 is 11.6 Å². The minimum atomic E-state index is -5.10. The fourth-order valence-electron chi connectivity index (χ4n) is 8.09. The number of carbonyl (C=O) groups is 4. The summed E-state index contributed by atoms with van der Waals surface area (Å²) in [5.74, 6) is -4.22. The maximum absolute atomic E-state index is 15.0. The number of allylic oxidation sites excluding steroid dienone is 1. The number of amides is 4. The molecule has 3 heterocycles. The number of ether oxygens (including phenoxy) is 2. The number of benzene rings is 1. The number of fused-ring (bicyclic) bond motifs is 3. The Labute approximate surface area is 339 Å². The molecule has 0 unspecified atom stereocenters. The Kier molecular flexibility index (Phi) is 11.5. The quantitative estimate of drug-likeness (QED) is 0.274. The molecule has 0 spiro atoms. The number of hydrogen-bond donors (Lipinski definition) is 3. The van der Waals surface area contributed by atoms with Gasteiger partial charge in [0.1, 0.15) is 35.0 Å².